The Morgan fingerprint density at radius 2 is 1.94 bits per heavy atom. The topological polar surface area (TPSA) is 53.3 Å². The van der Waals surface area contributed by atoms with Gasteiger partial charge in [-0.25, -0.2) is 4.99 Å². The number of alkyl halides is 1. The van der Waals surface area contributed by atoms with E-state index < -0.39 is 5.38 Å². The minimum Gasteiger partial charge on any atom is -0.301 e. The molecule has 2 rings (SSSR count). The van der Waals surface area contributed by atoms with E-state index in [0.717, 1.165) is 5.69 Å². The average molecular weight is 247 g/mol. The molecule has 3 nitrogen and oxygen atoms in total. The SMILES string of the molecule is CC1=CC(=Nc2ccccc2)C(=N)C(Cl)C1=O. The third kappa shape index (κ3) is 2.34. The Morgan fingerprint density at radius 3 is 2.59 bits per heavy atom. The number of allylic oxidation sites excluding steroid dienone is 2. The van der Waals surface area contributed by atoms with Gasteiger partial charge < -0.3 is 5.41 Å². The zero-order valence-electron chi connectivity index (χ0n) is 9.27. The van der Waals surface area contributed by atoms with Gasteiger partial charge in [0.25, 0.3) is 0 Å². The maximum absolute atomic E-state index is 11.5. The van der Waals surface area contributed by atoms with E-state index in [9.17, 15) is 4.79 Å². The first-order valence-electron chi connectivity index (χ1n) is 5.18. The number of aliphatic imine (C=N–C) groups is 1. The third-order valence-corrected chi connectivity index (χ3v) is 2.92. The van der Waals surface area contributed by atoms with Crippen LogP contribution in [-0.4, -0.2) is 22.6 Å². The van der Waals surface area contributed by atoms with Crippen LogP contribution in [0.15, 0.2) is 47.0 Å². The smallest absolute Gasteiger partial charge is 0.182 e. The molecule has 0 heterocycles. The summed E-state index contributed by atoms with van der Waals surface area (Å²) in [6.45, 7) is 1.69. The van der Waals surface area contributed by atoms with Crippen LogP contribution in [0, 0.1) is 5.41 Å². The Balaban J connectivity index is 2.43. The van der Waals surface area contributed by atoms with E-state index in [4.69, 9.17) is 17.0 Å². The minimum absolute atomic E-state index is 0.0612. The highest BCUT2D eigenvalue weighted by Crippen LogP contribution is 2.18. The van der Waals surface area contributed by atoms with Gasteiger partial charge in [-0.05, 0) is 30.7 Å². The van der Waals surface area contributed by atoms with Crippen molar-refractivity contribution in [3.05, 3.63) is 42.0 Å². The number of halogens is 1. The Morgan fingerprint density at radius 1 is 1.29 bits per heavy atom. The van der Waals surface area contributed by atoms with Crippen LogP contribution in [0.25, 0.3) is 0 Å². The Hall–Kier alpha value is -1.74. The van der Waals surface area contributed by atoms with Crippen LogP contribution in [-0.2, 0) is 4.79 Å². The van der Waals surface area contributed by atoms with Gasteiger partial charge in [-0.1, -0.05) is 18.2 Å². The lowest BCUT2D eigenvalue weighted by molar-refractivity contribution is -0.114. The summed E-state index contributed by atoms with van der Waals surface area (Å²) in [5.41, 5.74) is 1.80. The molecule has 1 aromatic carbocycles. The Bertz CT molecular complexity index is 532. The maximum atomic E-state index is 11.5. The van der Waals surface area contributed by atoms with Gasteiger partial charge in [-0.2, -0.15) is 0 Å². The van der Waals surface area contributed by atoms with Gasteiger partial charge in [0, 0.05) is 0 Å². The molecular formula is C13H11ClN2O. The number of nitrogens with one attached hydrogen (secondary N) is 1. The van der Waals surface area contributed by atoms with Crippen LogP contribution < -0.4 is 0 Å². The number of carbonyl (C=O) groups excluding carboxylic acids is 1. The van der Waals surface area contributed by atoms with E-state index in [1.165, 1.54) is 0 Å². The zero-order valence-corrected chi connectivity index (χ0v) is 10.0. The summed E-state index contributed by atoms with van der Waals surface area (Å²) in [7, 11) is 0. The molecule has 0 radical (unpaired) electrons. The second-order valence-corrected chi connectivity index (χ2v) is 4.24. The largest absolute Gasteiger partial charge is 0.301 e. The van der Waals surface area contributed by atoms with Crippen molar-refractivity contribution in [2.75, 3.05) is 0 Å². The van der Waals surface area contributed by atoms with Gasteiger partial charge in [0.2, 0.25) is 0 Å². The van der Waals surface area contributed by atoms with Crippen LogP contribution in [0.3, 0.4) is 0 Å². The molecule has 1 aliphatic carbocycles. The maximum Gasteiger partial charge on any atom is 0.182 e. The predicted molar refractivity (Wildman–Crippen MR) is 69.7 cm³/mol. The molecule has 0 amide bonds. The number of rotatable bonds is 1. The second kappa shape index (κ2) is 4.63. The standard InChI is InChI=1S/C13H11ClN2O/c1-8-7-10(12(15)11(14)13(8)17)16-9-5-3-2-4-6-9/h2-7,11,15H,1H3. The lowest BCUT2D eigenvalue weighted by Gasteiger charge is -2.16. The monoisotopic (exact) mass is 246 g/mol. The summed E-state index contributed by atoms with van der Waals surface area (Å²) in [6, 6.07) is 9.30. The number of hydrogen-bond donors (Lipinski definition) is 1. The minimum atomic E-state index is -0.914. The molecule has 0 spiro atoms. The van der Waals surface area contributed by atoms with Crippen LogP contribution in [0.5, 0.6) is 0 Å². The summed E-state index contributed by atoms with van der Waals surface area (Å²) in [5, 5.41) is 6.88. The summed E-state index contributed by atoms with van der Waals surface area (Å²) in [4.78, 5) is 15.9. The number of carbonyl (C=O) groups is 1. The fraction of sp³-hybridized carbons (Fsp3) is 0.154. The number of benzene rings is 1. The Kier molecular flexibility index (Phi) is 3.20. The fourth-order valence-corrected chi connectivity index (χ4v) is 1.83. The van der Waals surface area contributed by atoms with Crippen molar-refractivity contribution in [2.45, 2.75) is 12.3 Å². The van der Waals surface area contributed by atoms with Crippen molar-refractivity contribution in [2.24, 2.45) is 4.99 Å². The number of para-hydroxylation sites is 1. The molecule has 17 heavy (non-hydrogen) atoms. The van der Waals surface area contributed by atoms with Gasteiger partial charge in [0.1, 0.15) is 5.38 Å². The van der Waals surface area contributed by atoms with Gasteiger partial charge in [0.15, 0.2) is 5.78 Å². The van der Waals surface area contributed by atoms with Crippen LogP contribution >= 0.6 is 11.6 Å². The van der Waals surface area contributed by atoms with Crippen molar-refractivity contribution >= 4 is 34.5 Å². The van der Waals surface area contributed by atoms with Crippen LogP contribution in [0.1, 0.15) is 6.92 Å². The van der Waals surface area contributed by atoms with Crippen molar-refractivity contribution in [1.29, 1.82) is 5.41 Å². The average Bonchev–Trinajstić information content (AvgIpc) is 2.35. The summed E-state index contributed by atoms with van der Waals surface area (Å²) in [5.74, 6) is -0.219. The van der Waals surface area contributed by atoms with Gasteiger partial charge in [0.05, 0.1) is 17.1 Å². The summed E-state index contributed by atoms with van der Waals surface area (Å²) in [6.07, 6.45) is 1.61. The van der Waals surface area contributed by atoms with E-state index in [0.29, 0.717) is 11.3 Å². The summed E-state index contributed by atoms with van der Waals surface area (Å²) < 4.78 is 0. The second-order valence-electron chi connectivity index (χ2n) is 3.80. The molecule has 0 bridgehead atoms. The molecule has 1 N–H and O–H groups in total. The lowest BCUT2D eigenvalue weighted by Crippen LogP contribution is -2.34. The van der Waals surface area contributed by atoms with Gasteiger partial charge >= 0.3 is 0 Å². The number of hydrogen-bond acceptors (Lipinski definition) is 3. The van der Waals surface area contributed by atoms with E-state index >= 15 is 0 Å². The first kappa shape index (κ1) is 11.7. The highest BCUT2D eigenvalue weighted by atomic mass is 35.5. The van der Waals surface area contributed by atoms with Crippen molar-refractivity contribution in [3.63, 3.8) is 0 Å². The number of Topliss-reactive ketones (excluding diaryl/α,β-unsaturated/α-hetero) is 1. The zero-order chi connectivity index (χ0) is 12.4. The lowest BCUT2D eigenvalue weighted by atomic mass is 9.95. The molecule has 4 heteroatoms. The first-order valence-corrected chi connectivity index (χ1v) is 5.62. The first-order chi connectivity index (χ1) is 8.09. The molecule has 0 fully saturated rings. The molecular weight excluding hydrogens is 236 g/mol. The highest BCUT2D eigenvalue weighted by molar-refractivity contribution is 6.63. The molecule has 1 aliphatic rings. The highest BCUT2D eigenvalue weighted by Gasteiger charge is 2.29. The van der Waals surface area contributed by atoms with Crippen LogP contribution in [0.2, 0.25) is 0 Å². The van der Waals surface area contributed by atoms with Crippen molar-refractivity contribution < 1.29 is 4.79 Å². The van der Waals surface area contributed by atoms with Gasteiger partial charge in [-0.15, -0.1) is 11.6 Å². The molecule has 1 unspecified atom stereocenters. The molecule has 0 saturated heterocycles. The van der Waals surface area contributed by atoms with Crippen molar-refractivity contribution in [1.82, 2.24) is 0 Å². The van der Waals surface area contributed by atoms with E-state index in [-0.39, 0.29) is 11.5 Å². The molecule has 0 saturated carbocycles. The number of nitrogens with zero attached hydrogens (tertiary/aromatic N) is 1. The molecule has 1 aromatic rings. The molecule has 86 valence electrons. The Labute approximate surface area is 104 Å². The quantitative estimate of drug-likeness (QED) is 0.761. The van der Waals surface area contributed by atoms with Gasteiger partial charge in [-0.3, -0.25) is 4.79 Å². The normalized spacial score (nSPS) is 22.8. The third-order valence-electron chi connectivity index (χ3n) is 2.51. The van der Waals surface area contributed by atoms with Crippen LogP contribution in [0.4, 0.5) is 5.69 Å². The molecule has 0 aromatic heterocycles. The van der Waals surface area contributed by atoms with Crippen molar-refractivity contribution in [3.8, 4) is 0 Å². The summed E-state index contributed by atoms with van der Waals surface area (Å²) >= 11 is 5.88. The van der Waals surface area contributed by atoms with E-state index in [1.54, 1.807) is 13.0 Å². The molecule has 1 atom stereocenters. The number of ketones is 1. The van der Waals surface area contributed by atoms with E-state index in [1.807, 2.05) is 30.3 Å². The fourth-order valence-electron chi connectivity index (χ4n) is 1.55. The predicted octanol–water partition coefficient (Wildman–Crippen LogP) is 2.92. The molecule has 0 aliphatic heterocycles. The van der Waals surface area contributed by atoms with E-state index in [2.05, 4.69) is 4.99 Å².